The van der Waals surface area contributed by atoms with Gasteiger partial charge in [0, 0.05) is 11.4 Å². The highest BCUT2D eigenvalue weighted by atomic mass is 14.9. The first-order valence-electron chi connectivity index (χ1n) is 5.55. The van der Waals surface area contributed by atoms with E-state index in [1.165, 1.54) is 11.1 Å². The molecule has 0 heterocycles. The van der Waals surface area contributed by atoms with Crippen LogP contribution < -0.4 is 16.8 Å². The van der Waals surface area contributed by atoms with Gasteiger partial charge in [0.15, 0.2) is 0 Å². The van der Waals surface area contributed by atoms with Crippen molar-refractivity contribution in [1.82, 2.24) is 0 Å². The van der Waals surface area contributed by atoms with Crippen LogP contribution in [0.15, 0.2) is 36.4 Å². The molecular weight excluding hydrogens is 210 g/mol. The molecule has 0 fully saturated rings. The van der Waals surface area contributed by atoms with E-state index in [9.17, 15) is 0 Å². The third-order valence-electron chi connectivity index (χ3n) is 2.74. The summed E-state index contributed by atoms with van der Waals surface area (Å²) < 4.78 is 0. The average molecular weight is 227 g/mol. The molecule has 0 aliphatic rings. The third kappa shape index (κ3) is 2.50. The first kappa shape index (κ1) is 11.3. The zero-order valence-electron chi connectivity index (χ0n) is 10.1. The van der Waals surface area contributed by atoms with Gasteiger partial charge in [0.2, 0.25) is 0 Å². The molecule has 17 heavy (non-hydrogen) atoms. The summed E-state index contributed by atoms with van der Waals surface area (Å²) in [5, 5.41) is 3.33. The van der Waals surface area contributed by atoms with E-state index in [0.29, 0.717) is 11.4 Å². The number of benzene rings is 2. The van der Waals surface area contributed by atoms with Crippen molar-refractivity contribution in [2.24, 2.45) is 0 Å². The van der Waals surface area contributed by atoms with Crippen molar-refractivity contribution < 1.29 is 0 Å². The summed E-state index contributed by atoms with van der Waals surface area (Å²) in [6.45, 7) is 4.13. The first-order valence-corrected chi connectivity index (χ1v) is 5.55. The van der Waals surface area contributed by atoms with Gasteiger partial charge in [-0.3, -0.25) is 0 Å². The molecule has 0 spiro atoms. The summed E-state index contributed by atoms with van der Waals surface area (Å²) in [4.78, 5) is 0. The fraction of sp³-hybridized carbons (Fsp3) is 0.143. The number of hydrogen-bond acceptors (Lipinski definition) is 3. The number of nitrogen functional groups attached to an aromatic ring is 2. The molecule has 0 aliphatic heterocycles. The lowest BCUT2D eigenvalue weighted by Gasteiger charge is -2.12. The average Bonchev–Trinajstić information content (AvgIpc) is 2.27. The van der Waals surface area contributed by atoms with Gasteiger partial charge in [-0.1, -0.05) is 12.1 Å². The fourth-order valence-electron chi connectivity index (χ4n) is 1.71. The van der Waals surface area contributed by atoms with Gasteiger partial charge >= 0.3 is 0 Å². The van der Waals surface area contributed by atoms with Crippen LogP contribution in [0, 0.1) is 13.8 Å². The Bertz CT molecular complexity index is 547. The van der Waals surface area contributed by atoms with E-state index >= 15 is 0 Å². The quantitative estimate of drug-likeness (QED) is 0.690. The van der Waals surface area contributed by atoms with Crippen LogP contribution in [0.3, 0.4) is 0 Å². The molecule has 0 atom stereocenters. The summed E-state index contributed by atoms with van der Waals surface area (Å²) in [7, 11) is 0. The number of aryl methyl sites for hydroxylation is 2. The third-order valence-corrected chi connectivity index (χ3v) is 2.74. The second kappa shape index (κ2) is 4.37. The number of hydrogen-bond donors (Lipinski definition) is 3. The lowest BCUT2D eigenvalue weighted by Crippen LogP contribution is -1.99. The molecule has 0 amide bonds. The van der Waals surface area contributed by atoms with Crippen molar-refractivity contribution in [3.05, 3.63) is 47.5 Å². The number of anilines is 4. The molecule has 2 aromatic carbocycles. The maximum Gasteiger partial charge on any atom is 0.0619 e. The second-order valence-corrected chi connectivity index (χ2v) is 4.29. The van der Waals surface area contributed by atoms with Crippen molar-refractivity contribution in [1.29, 1.82) is 0 Å². The summed E-state index contributed by atoms with van der Waals surface area (Å²) in [5.74, 6) is 0. The summed E-state index contributed by atoms with van der Waals surface area (Å²) in [5.41, 5.74) is 17.3. The van der Waals surface area contributed by atoms with E-state index < -0.39 is 0 Å². The maximum absolute atomic E-state index is 5.91. The number of nitrogens with two attached hydrogens (primary N) is 2. The number of rotatable bonds is 2. The van der Waals surface area contributed by atoms with Gasteiger partial charge < -0.3 is 16.8 Å². The van der Waals surface area contributed by atoms with E-state index in [4.69, 9.17) is 11.5 Å². The van der Waals surface area contributed by atoms with Crippen LogP contribution in [0.5, 0.6) is 0 Å². The molecule has 0 aromatic heterocycles. The predicted octanol–water partition coefficient (Wildman–Crippen LogP) is 3.21. The van der Waals surface area contributed by atoms with E-state index in [2.05, 4.69) is 37.4 Å². The second-order valence-electron chi connectivity index (χ2n) is 4.29. The highest BCUT2D eigenvalue weighted by molar-refractivity contribution is 5.76. The predicted molar refractivity (Wildman–Crippen MR) is 74.5 cm³/mol. The smallest absolute Gasteiger partial charge is 0.0619 e. The Morgan fingerprint density at radius 2 is 1.65 bits per heavy atom. The molecule has 3 heteroatoms. The zero-order chi connectivity index (χ0) is 12.4. The van der Waals surface area contributed by atoms with E-state index in [-0.39, 0.29) is 0 Å². The standard InChI is InChI=1S/C14H17N3/c1-9-3-4-10(2)14(7-9)17-13-6-5-11(15)8-12(13)16/h3-8,17H,15-16H2,1-2H3. The monoisotopic (exact) mass is 227 g/mol. The van der Waals surface area contributed by atoms with Crippen molar-refractivity contribution in [3.8, 4) is 0 Å². The van der Waals surface area contributed by atoms with Gasteiger partial charge in [0.1, 0.15) is 0 Å². The van der Waals surface area contributed by atoms with Crippen molar-refractivity contribution in [2.75, 3.05) is 16.8 Å². The molecule has 0 radical (unpaired) electrons. The van der Waals surface area contributed by atoms with Crippen molar-refractivity contribution in [2.45, 2.75) is 13.8 Å². The Morgan fingerprint density at radius 3 is 2.35 bits per heavy atom. The van der Waals surface area contributed by atoms with Gasteiger partial charge in [-0.05, 0) is 49.2 Å². The lowest BCUT2D eigenvalue weighted by atomic mass is 10.1. The SMILES string of the molecule is Cc1ccc(C)c(Nc2ccc(N)cc2N)c1. The molecule has 0 aliphatic carbocycles. The Balaban J connectivity index is 2.34. The molecule has 3 nitrogen and oxygen atoms in total. The molecule has 0 bridgehead atoms. The Hall–Kier alpha value is -2.16. The molecule has 0 saturated heterocycles. The molecule has 2 rings (SSSR count). The van der Waals surface area contributed by atoms with Crippen LogP contribution in [0.4, 0.5) is 22.7 Å². The van der Waals surface area contributed by atoms with Crippen LogP contribution in [-0.4, -0.2) is 0 Å². The van der Waals surface area contributed by atoms with Gasteiger partial charge in [0.05, 0.1) is 11.4 Å². The summed E-state index contributed by atoms with van der Waals surface area (Å²) in [6.07, 6.45) is 0. The normalized spacial score (nSPS) is 10.2. The van der Waals surface area contributed by atoms with Gasteiger partial charge in [-0.2, -0.15) is 0 Å². The first-order chi connectivity index (χ1) is 8.06. The van der Waals surface area contributed by atoms with Gasteiger partial charge in [-0.25, -0.2) is 0 Å². The van der Waals surface area contributed by atoms with Crippen LogP contribution in [0.2, 0.25) is 0 Å². The van der Waals surface area contributed by atoms with E-state index in [1.807, 2.05) is 12.1 Å². The van der Waals surface area contributed by atoms with Crippen LogP contribution in [-0.2, 0) is 0 Å². The number of nitrogens with one attached hydrogen (secondary N) is 1. The highest BCUT2D eigenvalue weighted by Gasteiger charge is 2.02. The Labute approximate surface area is 101 Å². The summed E-state index contributed by atoms with van der Waals surface area (Å²) >= 11 is 0. The topological polar surface area (TPSA) is 64.1 Å². The zero-order valence-corrected chi connectivity index (χ0v) is 10.1. The van der Waals surface area contributed by atoms with Crippen LogP contribution >= 0.6 is 0 Å². The highest BCUT2D eigenvalue weighted by Crippen LogP contribution is 2.27. The van der Waals surface area contributed by atoms with E-state index in [0.717, 1.165) is 11.4 Å². The maximum atomic E-state index is 5.91. The minimum absolute atomic E-state index is 0.658. The molecule has 0 saturated carbocycles. The molecule has 88 valence electrons. The minimum atomic E-state index is 0.658. The van der Waals surface area contributed by atoms with Crippen LogP contribution in [0.1, 0.15) is 11.1 Å². The largest absolute Gasteiger partial charge is 0.399 e. The molecule has 5 N–H and O–H groups in total. The Morgan fingerprint density at radius 1 is 0.882 bits per heavy atom. The van der Waals surface area contributed by atoms with Gasteiger partial charge in [-0.15, -0.1) is 0 Å². The molecule has 2 aromatic rings. The molecule has 0 unspecified atom stereocenters. The van der Waals surface area contributed by atoms with Crippen molar-refractivity contribution >= 4 is 22.7 Å². The lowest BCUT2D eigenvalue weighted by molar-refractivity contribution is 1.38. The van der Waals surface area contributed by atoms with E-state index in [1.54, 1.807) is 6.07 Å². The Kier molecular flexibility index (Phi) is 2.91. The van der Waals surface area contributed by atoms with Crippen molar-refractivity contribution in [3.63, 3.8) is 0 Å². The molecular formula is C14H17N3. The van der Waals surface area contributed by atoms with Crippen LogP contribution in [0.25, 0.3) is 0 Å². The fourth-order valence-corrected chi connectivity index (χ4v) is 1.71. The summed E-state index contributed by atoms with van der Waals surface area (Å²) in [6, 6.07) is 11.8. The van der Waals surface area contributed by atoms with Gasteiger partial charge in [0.25, 0.3) is 0 Å². The minimum Gasteiger partial charge on any atom is -0.399 e.